The summed E-state index contributed by atoms with van der Waals surface area (Å²) in [6.07, 6.45) is 6.20. The van der Waals surface area contributed by atoms with Gasteiger partial charge in [0.25, 0.3) is 5.88 Å². The van der Waals surface area contributed by atoms with Crippen molar-refractivity contribution in [1.82, 2.24) is 4.98 Å². The molecule has 51 heavy (non-hydrogen) atoms. The lowest BCUT2D eigenvalue weighted by Gasteiger charge is -2.49. The van der Waals surface area contributed by atoms with Gasteiger partial charge in [0, 0.05) is 33.7 Å². The van der Waals surface area contributed by atoms with E-state index in [0.29, 0.717) is 19.1 Å². The molecule has 1 aliphatic rings. The van der Waals surface area contributed by atoms with Gasteiger partial charge in [0.2, 0.25) is 14.2 Å². The number of alkyl halides is 3. The highest BCUT2D eigenvalue weighted by atomic mass is 32.2. The Morgan fingerprint density at radius 2 is 1.75 bits per heavy atom. The topological polar surface area (TPSA) is 127 Å². The second kappa shape index (κ2) is 18.4. The highest BCUT2D eigenvalue weighted by Gasteiger charge is 2.51. The molecule has 1 N–H and O–H groups in total. The summed E-state index contributed by atoms with van der Waals surface area (Å²) in [5.74, 6) is 0.447. The molecule has 0 bridgehead atoms. The van der Waals surface area contributed by atoms with E-state index >= 15 is 0 Å². The molecule has 292 valence electrons. The van der Waals surface area contributed by atoms with Crippen LogP contribution in [0.5, 0.6) is 5.88 Å². The Morgan fingerprint density at radius 3 is 2.24 bits per heavy atom. The first-order valence-electron chi connectivity index (χ1n) is 17.3. The molecule has 2 rings (SSSR count). The van der Waals surface area contributed by atoms with Crippen molar-refractivity contribution in [3.05, 3.63) is 36.0 Å². The van der Waals surface area contributed by atoms with E-state index in [2.05, 4.69) is 81.8 Å². The summed E-state index contributed by atoms with van der Waals surface area (Å²) in [4.78, 5) is 3.82. The predicted octanol–water partition coefficient (Wildman–Crippen LogP) is 7.92. The Bertz CT molecular complexity index is 1470. The first-order valence-corrected chi connectivity index (χ1v) is 24.3. The standard InChI is InChI=1S/C35H58F3NO9SSi2/c1-24(2)51(25(3)4,26(5)6)48-31(18-27(7)15-16-29(43-8)14-13-17-50(10,11)12)30-19-28(22-40)20-34(44-9,46-30)21-32-39-33(23-45-32)47-49(41,42)35(36,37)38/h15-16,18,23-26,28-31,40H,14,19-22H2,1-12H3/b16-15+,27-18+/t28-,29-,30-,31+,34+/m1/s1. The quantitative estimate of drug-likeness (QED) is 0.0548. The van der Waals surface area contributed by atoms with Crippen molar-refractivity contribution in [2.24, 2.45) is 5.92 Å². The zero-order valence-corrected chi connectivity index (χ0v) is 34.9. The summed E-state index contributed by atoms with van der Waals surface area (Å²) in [5.41, 5.74) is -0.635. The summed E-state index contributed by atoms with van der Waals surface area (Å²) in [7, 11) is -6.93. The number of rotatable bonds is 17. The van der Waals surface area contributed by atoms with Gasteiger partial charge >= 0.3 is 15.6 Å². The molecule has 0 unspecified atom stereocenters. The molecule has 10 nitrogen and oxygen atoms in total. The molecule has 2 heterocycles. The minimum absolute atomic E-state index is 0.174. The first kappa shape index (κ1) is 45.2. The average molecular weight is 782 g/mol. The van der Waals surface area contributed by atoms with Crippen LogP contribution in [0.3, 0.4) is 0 Å². The number of hydrogen-bond donors (Lipinski definition) is 1. The van der Waals surface area contributed by atoms with E-state index in [-0.39, 0.29) is 54.0 Å². The SMILES string of the molecule is CO[C@@H](/C=C/C(C)=C/[C@H](O[Si](C(C)C)(C(C)C)C(C)C)[C@H]1C[C@@H](CO)C[C@](Cc2nc(OS(=O)(=O)C(F)(F)F)co2)(OC)O1)CC#C[Si](C)(C)C. The number of aromatic nitrogens is 1. The highest BCUT2D eigenvalue weighted by Crippen LogP contribution is 2.46. The second-order valence-corrected chi connectivity index (χ2v) is 26.9. The Kier molecular flexibility index (Phi) is 16.3. The summed E-state index contributed by atoms with van der Waals surface area (Å²) < 4.78 is 96.9. The molecule has 0 spiro atoms. The molecule has 1 fully saturated rings. The summed E-state index contributed by atoms with van der Waals surface area (Å²) in [6, 6.07) is 0. The van der Waals surface area contributed by atoms with E-state index in [4.69, 9.17) is 23.1 Å². The molecule has 0 aliphatic carbocycles. The third kappa shape index (κ3) is 12.6. The summed E-state index contributed by atoms with van der Waals surface area (Å²) in [5, 5.41) is 10.4. The Labute approximate surface area is 304 Å². The number of halogens is 3. The Balaban J connectivity index is 2.57. The maximum atomic E-state index is 12.9. The fourth-order valence-corrected chi connectivity index (χ4v) is 13.3. The van der Waals surface area contributed by atoms with Gasteiger partial charge in [-0.05, 0) is 35.9 Å². The van der Waals surface area contributed by atoms with E-state index in [1.807, 2.05) is 25.2 Å². The zero-order chi connectivity index (χ0) is 39.0. The third-order valence-corrected chi connectivity index (χ3v) is 17.1. The van der Waals surface area contributed by atoms with Gasteiger partial charge in [0.05, 0.1) is 24.7 Å². The van der Waals surface area contributed by atoms with Gasteiger partial charge in [-0.1, -0.05) is 85.0 Å². The molecule has 0 radical (unpaired) electrons. The smallest absolute Gasteiger partial charge is 0.445 e. The maximum absolute atomic E-state index is 12.9. The highest BCUT2D eigenvalue weighted by molar-refractivity contribution is 7.87. The van der Waals surface area contributed by atoms with Gasteiger partial charge in [-0.15, -0.1) is 11.5 Å². The minimum atomic E-state index is -5.95. The van der Waals surface area contributed by atoms with E-state index in [1.54, 1.807) is 7.11 Å². The lowest BCUT2D eigenvalue weighted by Crippen LogP contribution is -2.56. The van der Waals surface area contributed by atoms with E-state index in [9.17, 15) is 26.7 Å². The lowest BCUT2D eigenvalue weighted by molar-refractivity contribution is -0.291. The molecule has 16 heteroatoms. The van der Waals surface area contributed by atoms with E-state index in [1.165, 1.54) is 7.11 Å². The second-order valence-electron chi connectivity index (χ2n) is 15.2. The van der Waals surface area contributed by atoms with Crippen LogP contribution in [0.1, 0.15) is 73.6 Å². The molecular weight excluding hydrogens is 724 g/mol. The maximum Gasteiger partial charge on any atom is 0.534 e. The van der Waals surface area contributed by atoms with Crippen molar-refractivity contribution in [3.63, 3.8) is 0 Å². The van der Waals surface area contributed by atoms with Crippen LogP contribution in [-0.2, 0) is 35.2 Å². The normalized spacial score (nSPS) is 22.5. The van der Waals surface area contributed by atoms with Gasteiger partial charge in [-0.2, -0.15) is 26.6 Å². The number of aliphatic hydroxyl groups is 1. The monoisotopic (exact) mass is 781 g/mol. The average Bonchev–Trinajstić information content (AvgIpc) is 3.44. The van der Waals surface area contributed by atoms with E-state index < -0.39 is 55.9 Å². The van der Waals surface area contributed by atoms with Crippen LogP contribution in [-0.4, -0.2) is 85.3 Å². The molecule has 1 saturated heterocycles. The van der Waals surface area contributed by atoms with Gasteiger partial charge in [0.15, 0.2) is 12.1 Å². The Hall–Kier alpha value is -1.98. The van der Waals surface area contributed by atoms with Crippen LogP contribution < -0.4 is 4.18 Å². The predicted molar refractivity (Wildman–Crippen MR) is 196 cm³/mol. The van der Waals surface area contributed by atoms with Gasteiger partial charge in [-0.25, -0.2) is 0 Å². The van der Waals surface area contributed by atoms with Crippen molar-refractivity contribution in [2.75, 3.05) is 20.8 Å². The van der Waals surface area contributed by atoms with Gasteiger partial charge in [-0.3, -0.25) is 0 Å². The molecule has 5 atom stereocenters. The molecule has 0 amide bonds. The lowest BCUT2D eigenvalue weighted by atomic mass is 9.86. The molecular formula is C35H58F3NO9SSi2. The van der Waals surface area contributed by atoms with Crippen LogP contribution in [0, 0.1) is 17.4 Å². The van der Waals surface area contributed by atoms with Crippen LogP contribution in [0.4, 0.5) is 13.2 Å². The first-order chi connectivity index (χ1) is 23.4. The van der Waals surface area contributed by atoms with Crippen molar-refractivity contribution in [2.45, 2.75) is 140 Å². The summed E-state index contributed by atoms with van der Waals surface area (Å²) in [6.45, 7) is 21.4. The van der Waals surface area contributed by atoms with E-state index in [0.717, 1.165) is 5.57 Å². The third-order valence-electron chi connectivity index (χ3n) is 9.08. The number of oxazole rings is 1. The Morgan fingerprint density at radius 1 is 1.14 bits per heavy atom. The zero-order valence-electron chi connectivity index (χ0n) is 32.1. The van der Waals surface area contributed by atoms with Crippen LogP contribution in [0.2, 0.25) is 36.3 Å². The largest absolute Gasteiger partial charge is 0.534 e. The van der Waals surface area contributed by atoms with Gasteiger partial charge in [0.1, 0.15) is 8.07 Å². The van der Waals surface area contributed by atoms with Crippen molar-refractivity contribution >= 4 is 26.5 Å². The number of nitrogens with zero attached hydrogens (tertiary/aromatic N) is 1. The summed E-state index contributed by atoms with van der Waals surface area (Å²) >= 11 is 0. The molecule has 0 saturated carbocycles. The van der Waals surface area contributed by atoms with Crippen molar-refractivity contribution in [1.29, 1.82) is 0 Å². The molecule has 1 aromatic rings. The number of allylic oxidation sites excluding steroid dienone is 2. The molecule has 0 aromatic carbocycles. The number of aliphatic hydroxyl groups excluding tert-OH is 1. The fourth-order valence-electron chi connectivity index (χ4n) is 6.77. The van der Waals surface area contributed by atoms with Crippen molar-refractivity contribution in [3.8, 4) is 17.3 Å². The van der Waals surface area contributed by atoms with Crippen LogP contribution in [0.25, 0.3) is 0 Å². The molecule has 1 aliphatic heterocycles. The number of ether oxygens (including phenoxy) is 3. The number of methoxy groups -OCH3 is 2. The number of hydrogen-bond acceptors (Lipinski definition) is 10. The van der Waals surface area contributed by atoms with Gasteiger partial charge < -0.3 is 32.3 Å². The molecule has 1 aromatic heterocycles. The van der Waals surface area contributed by atoms with Crippen LogP contribution in [0.15, 0.2) is 34.5 Å². The van der Waals surface area contributed by atoms with Crippen LogP contribution >= 0.6 is 0 Å². The van der Waals surface area contributed by atoms with Crippen molar-refractivity contribution < 1.29 is 53.9 Å². The minimum Gasteiger partial charge on any atom is -0.445 e. The fraction of sp³-hybridized carbons (Fsp3) is 0.743.